The average molecular weight is 265 g/mol. The van der Waals surface area contributed by atoms with E-state index in [0.29, 0.717) is 17.9 Å². The molecule has 0 bridgehead atoms. The van der Waals surface area contributed by atoms with Gasteiger partial charge in [0.15, 0.2) is 0 Å². The van der Waals surface area contributed by atoms with Gasteiger partial charge in [-0.25, -0.2) is 4.39 Å². The molecule has 0 saturated carbocycles. The van der Waals surface area contributed by atoms with Crippen molar-refractivity contribution < 1.29 is 18.9 Å². The summed E-state index contributed by atoms with van der Waals surface area (Å²) >= 11 is 0. The first-order valence-corrected chi connectivity index (χ1v) is 6.43. The van der Waals surface area contributed by atoms with E-state index < -0.39 is 18.8 Å². The topological polar surface area (TPSA) is 58.6 Å². The van der Waals surface area contributed by atoms with Crippen LogP contribution in [-0.4, -0.2) is 24.6 Å². The van der Waals surface area contributed by atoms with E-state index in [-0.39, 0.29) is 17.7 Å². The molecule has 2 N–H and O–H groups in total. The Hall–Kier alpha value is -1.40. The largest absolute Gasteiger partial charge is 0.491 e. The normalized spacial score (nSPS) is 15.3. The highest BCUT2D eigenvalue weighted by Gasteiger charge is 2.31. The van der Waals surface area contributed by atoms with E-state index in [1.54, 1.807) is 0 Å². The van der Waals surface area contributed by atoms with Crippen LogP contribution in [0.2, 0.25) is 0 Å². The van der Waals surface area contributed by atoms with E-state index in [1.165, 1.54) is 12.1 Å². The van der Waals surface area contributed by atoms with E-state index in [1.807, 2.05) is 13.8 Å². The molecule has 0 saturated heterocycles. The van der Waals surface area contributed by atoms with E-state index in [2.05, 4.69) is 5.32 Å². The van der Waals surface area contributed by atoms with Crippen LogP contribution in [0.15, 0.2) is 12.1 Å². The molecule has 4 nitrogen and oxygen atoms in total. The van der Waals surface area contributed by atoms with E-state index >= 15 is 0 Å². The number of nitrogens with one attached hydrogen (secondary N) is 1. The Morgan fingerprint density at radius 2 is 2.37 bits per heavy atom. The predicted octanol–water partition coefficient (Wildman–Crippen LogP) is 0.819. The van der Waals surface area contributed by atoms with Gasteiger partial charge in [-0.2, -0.15) is 0 Å². The first kappa shape index (κ1) is 14.0. The molecule has 0 fully saturated rings. The molecule has 2 rings (SSSR count). The van der Waals surface area contributed by atoms with Crippen molar-refractivity contribution in [1.29, 1.82) is 0 Å². The Balaban J connectivity index is 2.15. The van der Waals surface area contributed by atoms with Crippen molar-refractivity contribution in [2.75, 3.05) is 6.54 Å². The van der Waals surface area contributed by atoms with Gasteiger partial charge in [0.25, 0.3) is 5.91 Å². The lowest BCUT2D eigenvalue weighted by Gasteiger charge is -2.11. The van der Waals surface area contributed by atoms with Crippen molar-refractivity contribution >= 4 is 18.5 Å². The zero-order valence-corrected chi connectivity index (χ0v) is 11.1. The molecule has 1 aromatic carbocycles. The monoisotopic (exact) mass is 265 g/mol. The summed E-state index contributed by atoms with van der Waals surface area (Å²) in [6.07, 6.45) is 0.951. The number of halogens is 1. The van der Waals surface area contributed by atoms with Crippen molar-refractivity contribution in [1.82, 2.24) is 5.32 Å². The maximum Gasteiger partial charge on any atom is 0.491 e. The number of benzene rings is 1. The number of fused-ring (bicyclic) bond motifs is 1. The summed E-state index contributed by atoms with van der Waals surface area (Å²) in [6, 6.07) is 2.92. The second kappa shape index (κ2) is 5.71. The SMILES string of the molecule is CCC(C)CNC(=O)c1ccc2c(c1F)COB2O. The summed E-state index contributed by atoms with van der Waals surface area (Å²) in [5, 5.41) is 12.2. The van der Waals surface area contributed by atoms with Gasteiger partial charge in [0, 0.05) is 12.1 Å². The molecule has 0 spiro atoms. The summed E-state index contributed by atoms with van der Waals surface area (Å²) in [5.74, 6) is -0.677. The van der Waals surface area contributed by atoms with Gasteiger partial charge >= 0.3 is 7.12 Å². The number of amides is 1. The Kier molecular flexibility index (Phi) is 4.22. The quantitative estimate of drug-likeness (QED) is 0.792. The number of rotatable bonds is 4. The van der Waals surface area contributed by atoms with Crippen LogP contribution in [0.5, 0.6) is 0 Å². The minimum absolute atomic E-state index is 0.000229. The Labute approximate surface area is 112 Å². The minimum atomic E-state index is -1.10. The third-order valence-corrected chi connectivity index (χ3v) is 3.48. The first-order valence-electron chi connectivity index (χ1n) is 6.43. The van der Waals surface area contributed by atoms with E-state index in [0.717, 1.165) is 6.42 Å². The molecular formula is C13H17BFNO3. The van der Waals surface area contributed by atoms with Crippen molar-refractivity contribution in [2.45, 2.75) is 26.9 Å². The van der Waals surface area contributed by atoms with Gasteiger partial charge in [0.2, 0.25) is 0 Å². The van der Waals surface area contributed by atoms with Crippen LogP contribution in [0.25, 0.3) is 0 Å². The number of carbonyl (C=O) groups is 1. The molecule has 1 aliphatic heterocycles. The minimum Gasteiger partial charge on any atom is -0.423 e. The first-order chi connectivity index (χ1) is 9.04. The molecular weight excluding hydrogens is 248 g/mol. The van der Waals surface area contributed by atoms with Crippen LogP contribution >= 0.6 is 0 Å². The van der Waals surface area contributed by atoms with Crippen LogP contribution in [0, 0.1) is 11.7 Å². The lowest BCUT2D eigenvalue weighted by molar-refractivity contribution is 0.0943. The predicted molar refractivity (Wildman–Crippen MR) is 70.6 cm³/mol. The highest BCUT2D eigenvalue weighted by atomic mass is 19.1. The Morgan fingerprint density at radius 1 is 1.63 bits per heavy atom. The van der Waals surface area contributed by atoms with Gasteiger partial charge in [-0.05, 0) is 17.4 Å². The van der Waals surface area contributed by atoms with Gasteiger partial charge in [-0.15, -0.1) is 0 Å². The number of hydrogen-bond donors (Lipinski definition) is 2. The molecule has 19 heavy (non-hydrogen) atoms. The second-order valence-corrected chi connectivity index (χ2v) is 4.88. The van der Waals surface area contributed by atoms with Crippen LogP contribution in [-0.2, 0) is 11.3 Å². The number of carbonyl (C=O) groups excluding carboxylic acids is 1. The summed E-state index contributed by atoms with van der Waals surface area (Å²) < 4.78 is 19.1. The molecule has 6 heteroatoms. The zero-order valence-electron chi connectivity index (χ0n) is 11.1. The Morgan fingerprint density at radius 3 is 3.05 bits per heavy atom. The standard InChI is InChI=1S/C13H17BFNO3/c1-3-8(2)6-16-13(17)9-4-5-11-10(12(9)15)7-19-14(11)18/h4-5,8,18H,3,6-7H2,1-2H3,(H,16,17). The molecule has 1 unspecified atom stereocenters. The van der Waals surface area contributed by atoms with Crippen molar-refractivity contribution in [3.63, 3.8) is 0 Å². The van der Waals surface area contributed by atoms with Crippen LogP contribution < -0.4 is 10.8 Å². The smallest absolute Gasteiger partial charge is 0.423 e. The average Bonchev–Trinajstić information content (AvgIpc) is 2.78. The van der Waals surface area contributed by atoms with Gasteiger partial charge in [0.1, 0.15) is 5.82 Å². The third kappa shape index (κ3) is 2.79. The molecule has 1 aliphatic rings. The van der Waals surface area contributed by atoms with Crippen LogP contribution in [0.1, 0.15) is 36.2 Å². The van der Waals surface area contributed by atoms with Gasteiger partial charge < -0.3 is 15.0 Å². The molecule has 1 heterocycles. The summed E-state index contributed by atoms with van der Waals surface area (Å²) in [4.78, 5) is 11.9. The molecule has 1 aromatic rings. The fourth-order valence-electron chi connectivity index (χ4n) is 1.95. The molecule has 0 aromatic heterocycles. The fourth-order valence-corrected chi connectivity index (χ4v) is 1.95. The zero-order chi connectivity index (χ0) is 14.0. The van der Waals surface area contributed by atoms with Gasteiger partial charge in [-0.1, -0.05) is 26.3 Å². The van der Waals surface area contributed by atoms with Crippen molar-refractivity contribution in [3.8, 4) is 0 Å². The number of hydrogen-bond acceptors (Lipinski definition) is 3. The lowest BCUT2D eigenvalue weighted by atomic mass is 9.79. The summed E-state index contributed by atoms with van der Waals surface area (Å²) in [7, 11) is -1.10. The Bertz CT molecular complexity index is 495. The van der Waals surface area contributed by atoms with Crippen molar-refractivity contribution in [3.05, 3.63) is 29.1 Å². The van der Waals surface area contributed by atoms with Gasteiger partial charge in [-0.3, -0.25) is 4.79 Å². The summed E-state index contributed by atoms with van der Waals surface area (Å²) in [5.41, 5.74) is 0.666. The summed E-state index contributed by atoms with van der Waals surface area (Å²) in [6.45, 7) is 4.56. The molecule has 1 amide bonds. The third-order valence-electron chi connectivity index (χ3n) is 3.48. The van der Waals surface area contributed by atoms with E-state index in [4.69, 9.17) is 4.65 Å². The second-order valence-electron chi connectivity index (χ2n) is 4.88. The van der Waals surface area contributed by atoms with E-state index in [9.17, 15) is 14.2 Å². The maximum absolute atomic E-state index is 14.2. The van der Waals surface area contributed by atoms with Crippen LogP contribution in [0.3, 0.4) is 0 Å². The molecule has 102 valence electrons. The fraction of sp³-hybridized carbons (Fsp3) is 0.462. The van der Waals surface area contributed by atoms with Crippen molar-refractivity contribution in [2.24, 2.45) is 5.92 Å². The van der Waals surface area contributed by atoms with Gasteiger partial charge in [0.05, 0.1) is 12.2 Å². The molecule has 0 radical (unpaired) electrons. The molecule has 0 aliphatic carbocycles. The lowest BCUT2D eigenvalue weighted by Crippen LogP contribution is -2.32. The maximum atomic E-state index is 14.2. The van der Waals surface area contributed by atoms with Crippen LogP contribution in [0.4, 0.5) is 4.39 Å². The molecule has 1 atom stereocenters. The highest BCUT2D eigenvalue weighted by molar-refractivity contribution is 6.61. The highest BCUT2D eigenvalue weighted by Crippen LogP contribution is 2.17.